The van der Waals surface area contributed by atoms with E-state index >= 15 is 0 Å². The van der Waals surface area contributed by atoms with Crippen LogP contribution in [0.1, 0.15) is 47.3 Å². The lowest BCUT2D eigenvalue weighted by Crippen LogP contribution is -2.34. The number of para-hydroxylation sites is 1. The van der Waals surface area contributed by atoms with Crippen molar-refractivity contribution in [3.8, 4) is 0 Å². The van der Waals surface area contributed by atoms with E-state index in [4.69, 9.17) is 1.37 Å². The summed E-state index contributed by atoms with van der Waals surface area (Å²) in [5, 5.41) is -1.48. The molecule has 1 atom stereocenters. The Morgan fingerprint density at radius 2 is 1.84 bits per heavy atom. The largest absolute Gasteiger partial charge is 0.273 e. The highest BCUT2D eigenvalue weighted by molar-refractivity contribution is 7.93. The number of anilines is 1. The first-order chi connectivity index (χ1) is 9.33. The van der Waals surface area contributed by atoms with E-state index in [2.05, 4.69) is 6.92 Å². The third kappa shape index (κ3) is 4.53. The lowest BCUT2D eigenvalue weighted by molar-refractivity contribution is 0.561. The van der Waals surface area contributed by atoms with Gasteiger partial charge in [-0.05, 0) is 25.5 Å². The minimum Gasteiger partial charge on any atom is -0.273 e. The van der Waals surface area contributed by atoms with Gasteiger partial charge in [-0.3, -0.25) is 4.31 Å². The van der Waals surface area contributed by atoms with Gasteiger partial charge in [0.2, 0.25) is 10.0 Å². The molecule has 19 heavy (non-hydrogen) atoms. The van der Waals surface area contributed by atoms with Gasteiger partial charge >= 0.3 is 0 Å². The minimum absolute atomic E-state index is 0.368. The molecule has 1 rings (SSSR count). The van der Waals surface area contributed by atoms with E-state index in [0.717, 1.165) is 25.7 Å². The molecular weight excluding hydrogens is 258 g/mol. The second kappa shape index (κ2) is 7.53. The predicted molar refractivity (Wildman–Crippen MR) is 82.0 cm³/mol. The van der Waals surface area contributed by atoms with Gasteiger partial charge in [0.15, 0.2) is 0 Å². The Morgan fingerprint density at radius 1 is 1.21 bits per heavy atom. The fourth-order valence-corrected chi connectivity index (χ4v) is 3.21. The molecule has 0 radical (unpaired) electrons. The quantitative estimate of drug-likeness (QED) is 0.681. The van der Waals surface area contributed by atoms with Gasteiger partial charge in [0.1, 0.15) is 0 Å². The summed E-state index contributed by atoms with van der Waals surface area (Å²) >= 11 is 0. The number of nitrogens with zero attached hydrogens (tertiary/aromatic N) is 1. The zero-order valence-electron chi connectivity index (χ0n) is 13.1. The van der Waals surface area contributed by atoms with Gasteiger partial charge < -0.3 is 0 Å². The molecule has 0 N–H and O–H groups in total. The van der Waals surface area contributed by atoms with Crippen molar-refractivity contribution < 1.29 is 9.79 Å². The molecule has 4 heteroatoms. The van der Waals surface area contributed by atoms with E-state index < -0.39 is 15.2 Å². The van der Waals surface area contributed by atoms with Crippen molar-refractivity contribution in [1.82, 2.24) is 0 Å². The molecule has 1 aromatic carbocycles. The fraction of sp³-hybridized carbons (Fsp3) is 0.600. The molecule has 108 valence electrons. The standard InChI is InChI=1S/C15H25NO2S/c1-4-5-6-8-11-14(2)19(17,18)16(3)15-12-9-7-10-13-15/h7,9-10,12-14H,4-6,8,11H2,1-3H3/t14-/m0/s1/i14D. The van der Waals surface area contributed by atoms with Crippen LogP contribution in [0.3, 0.4) is 0 Å². The molecule has 0 aliphatic rings. The highest BCUT2D eigenvalue weighted by atomic mass is 32.2. The van der Waals surface area contributed by atoms with Crippen molar-refractivity contribution in [1.29, 1.82) is 0 Å². The summed E-state index contributed by atoms with van der Waals surface area (Å²) in [5.74, 6) is 0. The summed E-state index contributed by atoms with van der Waals surface area (Å²) in [7, 11) is -2.16. The summed E-state index contributed by atoms with van der Waals surface area (Å²) in [6, 6.07) is 8.91. The Kier molecular flexibility index (Phi) is 5.70. The molecule has 0 aliphatic carbocycles. The van der Waals surface area contributed by atoms with Gasteiger partial charge in [-0.2, -0.15) is 0 Å². The Hall–Kier alpha value is -1.03. The van der Waals surface area contributed by atoms with E-state index in [1.54, 1.807) is 24.3 Å². The maximum absolute atomic E-state index is 12.6. The average molecular weight is 284 g/mol. The van der Waals surface area contributed by atoms with Crippen LogP contribution >= 0.6 is 0 Å². The summed E-state index contributed by atoms with van der Waals surface area (Å²) in [6.45, 7) is 3.60. The van der Waals surface area contributed by atoms with Gasteiger partial charge in [0.25, 0.3) is 0 Å². The van der Waals surface area contributed by atoms with Gasteiger partial charge in [-0.25, -0.2) is 8.42 Å². The van der Waals surface area contributed by atoms with Crippen LogP contribution in [-0.2, 0) is 10.0 Å². The Balaban J connectivity index is 2.80. The van der Waals surface area contributed by atoms with Crippen LogP contribution in [0.5, 0.6) is 0 Å². The van der Waals surface area contributed by atoms with Crippen molar-refractivity contribution in [3.63, 3.8) is 0 Å². The lowest BCUT2D eigenvalue weighted by atomic mass is 10.1. The topological polar surface area (TPSA) is 37.4 Å². The van der Waals surface area contributed by atoms with E-state index in [-0.39, 0.29) is 0 Å². The second-order valence-corrected chi connectivity index (χ2v) is 7.02. The van der Waals surface area contributed by atoms with E-state index in [1.165, 1.54) is 18.3 Å². The zero-order valence-corrected chi connectivity index (χ0v) is 12.9. The van der Waals surface area contributed by atoms with Crippen LogP contribution in [0.2, 0.25) is 0 Å². The number of unbranched alkanes of at least 4 members (excludes halogenated alkanes) is 3. The monoisotopic (exact) mass is 284 g/mol. The fourth-order valence-electron chi connectivity index (χ4n) is 1.94. The van der Waals surface area contributed by atoms with Crippen LogP contribution in [0.25, 0.3) is 0 Å². The van der Waals surface area contributed by atoms with Crippen LogP contribution in [-0.4, -0.2) is 20.7 Å². The van der Waals surface area contributed by atoms with Gasteiger partial charge in [-0.15, -0.1) is 0 Å². The number of sulfonamides is 1. The SMILES string of the molecule is [2H][C@](C)(CCCCCC)S(=O)(=O)N(C)c1ccccc1. The smallest absolute Gasteiger partial charge is 0.237 e. The molecule has 0 bridgehead atoms. The van der Waals surface area contributed by atoms with Gasteiger partial charge in [0, 0.05) is 8.42 Å². The summed E-state index contributed by atoms with van der Waals surface area (Å²) in [5.41, 5.74) is 0.597. The van der Waals surface area contributed by atoms with Crippen LogP contribution in [0, 0.1) is 0 Å². The maximum Gasteiger partial charge on any atom is 0.237 e. The van der Waals surface area contributed by atoms with Crippen molar-refractivity contribution in [3.05, 3.63) is 30.3 Å². The summed E-state index contributed by atoms with van der Waals surface area (Å²) in [4.78, 5) is 0. The molecule has 3 nitrogen and oxygen atoms in total. The van der Waals surface area contributed by atoms with Crippen molar-refractivity contribution >= 4 is 15.7 Å². The average Bonchev–Trinajstić information content (AvgIpc) is 2.43. The maximum atomic E-state index is 12.6. The number of benzene rings is 1. The van der Waals surface area contributed by atoms with Crippen LogP contribution < -0.4 is 4.31 Å². The predicted octanol–water partition coefficient (Wildman–Crippen LogP) is 3.81. The Morgan fingerprint density at radius 3 is 2.42 bits per heavy atom. The Bertz CT molecular complexity index is 500. The highest BCUT2D eigenvalue weighted by Crippen LogP contribution is 2.21. The first-order valence-corrected chi connectivity index (χ1v) is 8.30. The van der Waals surface area contributed by atoms with Crippen LogP contribution in [0.4, 0.5) is 5.69 Å². The molecule has 1 aromatic rings. The number of rotatable bonds is 8. The number of hydrogen-bond acceptors (Lipinski definition) is 2. The van der Waals surface area contributed by atoms with E-state index in [1.807, 2.05) is 6.07 Å². The molecule has 0 saturated heterocycles. The second-order valence-electron chi connectivity index (χ2n) is 4.82. The lowest BCUT2D eigenvalue weighted by Gasteiger charge is -2.23. The van der Waals surface area contributed by atoms with Crippen molar-refractivity contribution in [2.24, 2.45) is 0 Å². The molecule has 0 spiro atoms. The van der Waals surface area contributed by atoms with Gasteiger partial charge in [-0.1, -0.05) is 50.8 Å². The van der Waals surface area contributed by atoms with E-state index in [0.29, 0.717) is 12.1 Å². The molecule has 0 fully saturated rings. The highest BCUT2D eigenvalue weighted by Gasteiger charge is 2.25. The first kappa shape index (κ1) is 14.4. The molecule has 0 aliphatic heterocycles. The summed E-state index contributed by atoms with van der Waals surface area (Å²) in [6.07, 6.45) is 4.31. The third-order valence-corrected chi connectivity index (χ3v) is 5.32. The normalized spacial score (nSPS) is 15.6. The van der Waals surface area contributed by atoms with Crippen molar-refractivity contribution in [2.45, 2.75) is 51.2 Å². The molecule has 0 amide bonds. The molecule has 0 aromatic heterocycles. The van der Waals surface area contributed by atoms with E-state index in [9.17, 15) is 8.42 Å². The minimum atomic E-state index is -3.68. The summed E-state index contributed by atoms with van der Waals surface area (Å²) < 4.78 is 34.5. The molecule has 0 heterocycles. The molecule has 0 saturated carbocycles. The molecule has 0 unspecified atom stereocenters. The Labute approximate surface area is 119 Å². The first-order valence-electron chi connectivity index (χ1n) is 7.36. The number of hydrogen-bond donors (Lipinski definition) is 0. The van der Waals surface area contributed by atoms with Crippen LogP contribution in [0.15, 0.2) is 30.3 Å². The van der Waals surface area contributed by atoms with Crippen molar-refractivity contribution in [2.75, 3.05) is 11.4 Å². The van der Waals surface area contributed by atoms with Gasteiger partial charge in [0.05, 0.1) is 10.9 Å². The zero-order chi connectivity index (χ0) is 15.2. The third-order valence-electron chi connectivity index (χ3n) is 3.30. The molecular formula is C15H25NO2S.